The molecule has 0 radical (unpaired) electrons. The third kappa shape index (κ3) is 1.95. The van der Waals surface area contributed by atoms with E-state index < -0.39 is 0 Å². The fourth-order valence-corrected chi connectivity index (χ4v) is 2.47. The van der Waals surface area contributed by atoms with E-state index in [1.54, 1.807) is 6.07 Å². The van der Waals surface area contributed by atoms with Gasteiger partial charge in [0.25, 0.3) is 0 Å². The maximum Gasteiger partial charge on any atom is 0.338 e. The highest BCUT2D eigenvalue weighted by Gasteiger charge is 2.38. The molecule has 92 valence electrons. The molecule has 0 aromatic heterocycles. The summed E-state index contributed by atoms with van der Waals surface area (Å²) < 4.78 is 4.72. The van der Waals surface area contributed by atoms with Gasteiger partial charge >= 0.3 is 5.97 Å². The fraction of sp³-hybridized carbons (Fsp3) is 0.500. The number of ether oxygens (including phenoxy) is 1. The fourth-order valence-electron chi connectivity index (χ4n) is 2.47. The molecule has 1 aliphatic carbocycles. The average molecular weight is 234 g/mol. The predicted octanol–water partition coefficient (Wildman–Crippen LogP) is 2.20. The van der Waals surface area contributed by atoms with Crippen LogP contribution in [0.4, 0.5) is 0 Å². The van der Waals surface area contributed by atoms with E-state index in [1.807, 2.05) is 19.1 Å². The Bertz CT molecular complexity index is 428. The number of rotatable bonds is 3. The van der Waals surface area contributed by atoms with Gasteiger partial charge in [-0.3, -0.25) is 0 Å². The van der Waals surface area contributed by atoms with Gasteiger partial charge < -0.3 is 9.84 Å². The zero-order valence-electron chi connectivity index (χ0n) is 10.3. The van der Waals surface area contributed by atoms with E-state index in [-0.39, 0.29) is 18.0 Å². The normalized spacial score (nSPS) is 17.4. The Morgan fingerprint density at radius 2 is 2.18 bits per heavy atom. The van der Waals surface area contributed by atoms with E-state index in [9.17, 15) is 9.90 Å². The van der Waals surface area contributed by atoms with E-state index in [4.69, 9.17) is 4.74 Å². The van der Waals surface area contributed by atoms with Gasteiger partial charge in [0.2, 0.25) is 0 Å². The molecule has 0 unspecified atom stereocenters. The number of benzene rings is 1. The van der Waals surface area contributed by atoms with Crippen LogP contribution in [0.3, 0.4) is 0 Å². The van der Waals surface area contributed by atoms with Crippen LogP contribution in [-0.2, 0) is 10.2 Å². The minimum absolute atomic E-state index is 0.0700. The molecule has 0 atom stereocenters. The van der Waals surface area contributed by atoms with Gasteiger partial charge in [-0.1, -0.05) is 18.6 Å². The van der Waals surface area contributed by atoms with Gasteiger partial charge in [0.1, 0.15) is 0 Å². The van der Waals surface area contributed by atoms with Crippen LogP contribution >= 0.6 is 0 Å². The molecule has 1 aromatic rings. The van der Waals surface area contributed by atoms with Crippen LogP contribution in [-0.4, -0.2) is 24.8 Å². The van der Waals surface area contributed by atoms with Crippen molar-refractivity contribution in [3.05, 3.63) is 34.9 Å². The second kappa shape index (κ2) is 4.49. The number of methoxy groups -OCH3 is 1. The van der Waals surface area contributed by atoms with Crippen LogP contribution in [0.15, 0.2) is 18.2 Å². The van der Waals surface area contributed by atoms with Crippen LogP contribution in [0.25, 0.3) is 0 Å². The summed E-state index contributed by atoms with van der Waals surface area (Å²) in [5.41, 5.74) is 2.58. The average Bonchev–Trinajstić information content (AvgIpc) is 2.28. The first-order valence-electron chi connectivity index (χ1n) is 5.93. The highest BCUT2D eigenvalue weighted by atomic mass is 16.5. The zero-order valence-corrected chi connectivity index (χ0v) is 10.3. The summed E-state index contributed by atoms with van der Waals surface area (Å²) in [7, 11) is 1.39. The smallest absolute Gasteiger partial charge is 0.338 e. The topological polar surface area (TPSA) is 46.5 Å². The van der Waals surface area contributed by atoms with Crippen molar-refractivity contribution in [2.45, 2.75) is 31.6 Å². The summed E-state index contributed by atoms with van der Waals surface area (Å²) in [5, 5.41) is 9.51. The molecule has 0 saturated heterocycles. The van der Waals surface area contributed by atoms with Crippen molar-refractivity contribution in [1.82, 2.24) is 0 Å². The predicted molar refractivity (Wildman–Crippen MR) is 65.1 cm³/mol. The maximum absolute atomic E-state index is 11.5. The number of aliphatic hydroxyl groups excluding tert-OH is 1. The quantitative estimate of drug-likeness (QED) is 0.815. The maximum atomic E-state index is 11.5. The van der Waals surface area contributed by atoms with Crippen molar-refractivity contribution in [2.24, 2.45) is 0 Å². The second-order valence-electron chi connectivity index (χ2n) is 4.81. The summed E-state index contributed by atoms with van der Waals surface area (Å²) in [4.78, 5) is 11.5. The second-order valence-corrected chi connectivity index (χ2v) is 4.81. The van der Waals surface area contributed by atoms with Gasteiger partial charge in [0, 0.05) is 5.41 Å². The van der Waals surface area contributed by atoms with Crippen molar-refractivity contribution < 1.29 is 14.6 Å². The molecule has 3 heteroatoms. The number of carbonyl (C=O) groups excluding carboxylic acids is 1. The van der Waals surface area contributed by atoms with Crippen molar-refractivity contribution in [1.29, 1.82) is 0 Å². The van der Waals surface area contributed by atoms with Gasteiger partial charge in [-0.2, -0.15) is 0 Å². The third-order valence-corrected chi connectivity index (χ3v) is 3.86. The number of carbonyl (C=O) groups is 1. The molecule has 0 amide bonds. The summed E-state index contributed by atoms with van der Waals surface area (Å²) >= 11 is 0. The van der Waals surface area contributed by atoms with Crippen molar-refractivity contribution in [3.8, 4) is 0 Å². The molecule has 1 saturated carbocycles. The van der Waals surface area contributed by atoms with Gasteiger partial charge in [-0.15, -0.1) is 0 Å². The van der Waals surface area contributed by atoms with Crippen molar-refractivity contribution in [3.63, 3.8) is 0 Å². The zero-order chi connectivity index (χ0) is 12.5. The summed E-state index contributed by atoms with van der Waals surface area (Å²) in [5.74, 6) is -0.305. The molecule has 1 aromatic carbocycles. The molecular formula is C14H18O3. The van der Waals surface area contributed by atoms with Crippen LogP contribution in [0.1, 0.15) is 40.7 Å². The van der Waals surface area contributed by atoms with E-state index >= 15 is 0 Å². The Kier molecular flexibility index (Phi) is 3.20. The Morgan fingerprint density at radius 1 is 1.47 bits per heavy atom. The highest BCUT2D eigenvalue weighted by Crippen LogP contribution is 2.43. The van der Waals surface area contributed by atoms with Crippen LogP contribution in [0.2, 0.25) is 0 Å². The molecule has 0 heterocycles. The monoisotopic (exact) mass is 234 g/mol. The number of hydrogen-bond donors (Lipinski definition) is 1. The van der Waals surface area contributed by atoms with Gasteiger partial charge in [0.15, 0.2) is 0 Å². The first-order valence-corrected chi connectivity index (χ1v) is 5.93. The number of aliphatic hydroxyl groups is 1. The Morgan fingerprint density at radius 3 is 2.59 bits per heavy atom. The molecule has 17 heavy (non-hydrogen) atoms. The Hall–Kier alpha value is -1.35. The van der Waals surface area contributed by atoms with Gasteiger partial charge in [-0.25, -0.2) is 4.79 Å². The van der Waals surface area contributed by atoms with Crippen LogP contribution < -0.4 is 0 Å². The number of esters is 1. The highest BCUT2D eigenvalue weighted by molar-refractivity contribution is 5.91. The number of aryl methyl sites for hydroxylation is 1. The SMILES string of the molecule is COC(=O)c1ccc(C2(CO)CCC2)cc1C. The molecule has 1 fully saturated rings. The Labute approximate surface area is 101 Å². The lowest BCUT2D eigenvalue weighted by Gasteiger charge is -2.41. The molecule has 1 N–H and O–H groups in total. The lowest BCUT2D eigenvalue weighted by molar-refractivity contribution is 0.0599. The lowest BCUT2D eigenvalue weighted by Crippen LogP contribution is -2.38. The first kappa shape index (κ1) is 12.1. The van der Waals surface area contributed by atoms with E-state index in [0.717, 1.165) is 24.0 Å². The minimum atomic E-state index is -0.305. The summed E-state index contributed by atoms with van der Waals surface area (Å²) in [6.07, 6.45) is 3.22. The van der Waals surface area contributed by atoms with Crippen molar-refractivity contribution in [2.75, 3.05) is 13.7 Å². The molecule has 0 aliphatic heterocycles. The van der Waals surface area contributed by atoms with Crippen molar-refractivity contribution >= 4 is 5.97 Å². The van der Waals surface area contributed by atoms with E-state index in [2.05, 4.69) is 0 Å². The number of hydrogen-bond acceptors (Lipinski definition) is 3. The molecular weight excluding hydrogens is 216 g/mol. The standard InChI is InChI=1S/C14H18O3/c1-10-8-11(14(9-15)6-3-7-14)4-5-12(10)13(16)17-2/h4-5,8,15H,3,6-7,9H2,1-2H3. The van der Waals surface area contributed by atoms with Crippen LogP contribution in [0, 0.1) is 6.92 Å². The lowest BCUT2D eigenvalue weighted by atomic mass is 9.65. The largest absolute Gasteiger partial charge is 0.465 e. The van der Waals surface area contributed by atoms with Crippen LogP contribution in [0.5, 0.6) is 0 Å². The van der Waals surface area contributed by atoms with E-state index in [0.29, 0.717) is 5.56 Å². The van der Waals surface area contributed by atoms with E-state index in [1.165, 1.54) is 13.5 Å². The third-order valence-electron chi connectivity index (χ3n) is 3.86. The molecule has 0 bridgehead atoms. The molecule has 0 spiro atoms. The molecule has 3 nitrogen and oxygen atoms in total. The van der Waals surface area contributed by atoms with Gasteiger partial charge in [0.05, 0.1) is 19.3 Å². The van der Waals surface area contributed by atoms with Gasteiger partial charge in [-0.05, 0) is 37.0 Å². The minimum Gasteiger partial charge on any atom is -0.465 e. The molecule has 2 rings (SSSR count). The summed E-state index contributed by atoms with van der Waals surface area (Å²) in [6, 6.07) is 5.74. The summed E-state index contributed by atoms with van der Waals surface area (Å²) in [6.45, 7) is 2.09. The first-order chi connectivity index (χ1) is 8.13. The molecule has 1 aliphatic rings. The Balaban J connectivity index is 2.34.